The lowest BCUT2D eigenvalue weighted by Crippen LogP contribution is -2.41. The maximum Gasteiger partial charge on any atom is 0.321 e. The van der Waals surface area contributed by atoms with E-state index < -0.39 is 12.0 Å². The van der Waals surface area contributed by atoms with Crippen LogP contribution in [0.5, 0.6) is 0 Å². The van der Waals surface area contributed by atoms with Crippen molar-refractivity contribution in [3.05, 3.63) is 35.9 Å². The van der Waals surface area contributed by atoms with Crippen molar-refractivity contribution in [1.29, 1.82) is 0 Å². The van der Waals surface area contributed by atoms with Crippen molar-refractivity contribution in [2.24, 2.45) is 0 Å². The number of nitrogens with one attached hydrogen (secondary N) is 1. The van der Waals surface area contributed by atoms with Crippen molar-refractivity contribution in [2.75, 3.05) is 12.3 Å². The van der Waals surface area contributed by atoms with Crippen molar-refractivity contribution < 1.29 is 14.7 Å². The molecule has 0 unspecified atom stereocenters. The number of rotatable bonds is 6. The molecule has 0 amide bonds. The van der Waals surface area contributed by atoms with Gasteiger partial charge in [-0.2, -0.15) is 12.6 Å². The van der Waals surface area contributed by atoms with Crippen LogP contribution in [-0.4, -0.2) is 35.2 Å². The lowest BCUT2D eigenvalue weighted by atomic mass is 10.1. The number of benzene rings is 1. The van der Waals surface area contributed by atoms with Crippen molar-refractivity contribution in [3.63, 3.8) is 0 Å². The molecule has 86 valence electrons. The quantitative estimate of drug-likeness (QED) is 0.508. The van der Waals surface area contributed by atoms with Crippen LogP contribution in [0, 0.1) is 0 Å². The molecule has 1 atom stereocenters. The van der Waals surface area contributed by atoms with E-state index in [0.29, 0.717) is 5.56 Å². The molecular weight excluding hydrogens is 226 g/mol. The van der Waals surface area contributed by atoms with Crippen molar-refractivity contribution >= 4 is 24.4 Å². The van der Waals surface area contributed by atoms with Crippen LogP contribution < -0.4 is 5.32 Å². The monoisotopic (exact) mass is 239 g/mol. The van der Waals surface area contributed by atoms with E-state index in [1.165, 1.54) is 0 Å². The minimum Gasteiger partial charge on any atom is -0.480 e. The first kappa shape index (κ1) is 12.7. The van der Waals surface area contributed by atoms with Gasteiger partial charge in [-0.05, 0) is 0 Å². The van der Waals surface area contributed by atoms with Crippen LogP contribution in [-0.2, 0) is 4.79 Å². The molecule has 0 aromatic heterocycles. The van der Waals surface area contributed by atoms with Crippen molar-refractivity contribution in [3.8, 4) is 0 Å². The van der Waals surface area contributed by atoms with E-state index in [4.69, 9.17) is 5.11 Å². The Morgan fingerprint density at radius 3 is 2.44 bits per heavy atom. The molecule has 4 nitrogen and oxygen atoms in total. The summed E-state index contributed by atoms with van der Waals surface area (Å²) < 4.78 is 0. The largest absolute Gasteiger partial charge is 0.480 e. The molecule has 5 heteroatoms. The van der Waals surface area contributed by atoms with Gasteiger partial charge in [-0.3, -0.25) is 14.9 Å². The Balaban J connectivity index is 2.50. The molecule has 0 aliphatic rings. The summed E-state index contributed by atoms with van der Waals surface area (Å²) in [6, 6.07) is 7.94. The van der Waals surface area contributed by atoms with E-state index in [0.717, 1.165) is 0 Å². The Hall–Kier alpha value is -1.33. The summed E-state index contributed by atoms with van der Waals surface area (Å²) in [6.45, 7) is 0.00153. The summed E-state index contributed by atoms with van der Waals surface area (Å²) in [4.78, 5) is 22.3. The minimum absolute atomic E-state index is 0.00153. The van der Waals surface area contributed by atoms with Gasteiger partial charge in [-0.15, -0.1) is 0 Å². The highest BCUT2D eigenvalue weighted by molar-refractivity contribution is 7.80. The molecule has 0 heterocycles. The zero-order valence-electron chi connectivity index (χ0n) is 8.59. The summed E-state index contributed by atoms with van der Waals surface area (Å²) >= 11 is 3.89. The molecule has 16 heavy (non-hydrogen) atoms. The lowest BCUT2D eigenvalue weighted by Gasteiger charge is -2.10. The predicted molar refractivity (Wildman–Crippen MR) is 64.1 cm³/mol. The molecule has 0 bridgehead atoms. The molecule has 0 radical (unpaired) electrons. The van der Waals surface area contributed by atoms with Gasteiger partial charge in [0.15, 0.2) is 5.78 Å². The first-order valence-electron chi connectivity index (χ1n) is 4.80. The normalized spacial score (nSPS) is 12.1. The maximum absolute atomic E-state index is 11.6. The Bertz CT molecular complexity index is 367. The number of carboxylic acids is 1. The predicted octanol–water partition coefficient (Wildman–Crippen LogP) is 0.842. The van der Waals surface area contributed by atoms with Gasteiger partial charge in [0.1, 0.15) is 6.04 Å². The first-order chi connectivity index (χ1) is 7.65. The second-order valence-corrected chi connectivity index (χ2v) is 3.61. The summed E-state index contributed by atoms with van der Waals surface area (Å²) in [6.07, 6.45) is 0. The van der Waals surface area contributed by atoms with Crippen LogP contribution in [0.25, 0.3) is 0 Å². The number of carboxylic acid groups (broad SMARTS) is 1. The second-order valence-electron chi connectivity index (χ2n) is 3.24. The van der Waals surface area contributed by atoms with Gasteiger partial charge in [-0.1, -0.05) is 30.3 Å². The first-order valence-corrected chi connectivity index (χ1v) is 5.43. The van der Waals surface area contributed by atoms with E-state index in [9.17, 15) is 9.59 Å². The summed E-state index contributed by atoms with van der Waals surface area (Å²) in [5, 5.41) is 11.4. The standard InChI is InChI=1S/C11H13NO3S/c13-10(8-4-2-1-3-5-8)6-12-9(7-16)11(14)15/h1-5,9,12,16H,6-7H2,(H,14,15)/t9-/m1/s1. The SMILES string of the molecule is O=C(CN[C@H](CS)C(=O)O)c1ccccc1. The number of Topliss-reactive ketones (excluding diaryl/α,β-unsaturated/α-hetero) is 1. The fourth-order valence-electron chi connectivity index (χ4n) is 1.17. The van der Waals surface area contributed by atoms with Crippen LogP contribution in [0.1, 0.15) is 10.4 Å². The Morgan fingerprint density at radius 2 is 1.94 bits per heavy atom. The molecule has 2 N–H and O–H groups in total. The molecule has 0 aliphatic carbocycles. The van der Waals surface area contributed by atoms with Gasteiger partial charge in [0.25, 0.3) is 0 Å². The smallest absolute Gasteiger partial charge is 0.321 e. The second kappa shape index (κ2) is 6.30. The average Bonchev–Trinajstić information content (AvgIpc) is 2.30. The molecule has 1 rings (SSSR count). The Kier molecular flexibility index (Phi) is 5.01. The number of thiol groups is 1. The van der Waals surface area contributed by atoms with Gasteiger partial charge in [0.05, 0.1) is 6.54 Å². The molecule has 0 aliphatic heterocycles. The number of carbonyl (C=O) groups excluding carboxylic acids is 1. The molecule has 0 saturated carbocycles. The van der Waals surface area contributed by atoms with Gasteiger partial charge < -0.3 is 5.11 Å². The third kappa shape index (κ3) is 3.67. The fourth-order valence-corrected chi connectivity index (χ4v) is 1.46. The third-order valence-electron chi connectivity index (χ3n) is 2.09. The topological polar surface area (TPSA) is 66.4 Å². The average molecular weight is 239 g/mol. The molecule has 0 saturated heterocycles. The lowest BCUT2D eigenvalue weighted by molar-refractivity contribution is -0.138. The molecule has 1 aromatic carbocycles. The third-order valence-corrected chi connectivity index (χ3v) is 2.45. The van der Waals surface area contributed by atoms with E-state index in [1.54, 1.807) is 24.3 Å². The summed E-state index contributed by atoms with van der Waals surface area (Å²) in [5.41, 5.74) is 0.568. The van der Waals surface area contributed by atoms with E-state index >= 15 is 0 Å². The summed E-state index contributed by atoms with van der Waals surface area (Å²) in [7, 11) is 0. The van der Waals surface area contributed by atoms with Crippen LogP contribution in [0.4, 0.5) is 0 Å². The van der Waals surface area contributed by atoms with Crippen LogP contribution in [0.15, 0.2) is 30.3 Å². The van der Waals surface area contributed by atoms with Crippen molar-refractivity contribution in [1.82, 2.24) is 5.32 Å². The minimum atomic E-state index is -1.00. The Morgan fingerprint density at radius 1 is 1.31 bits per heavy atom. The van der Waals surface area contributed by atoms with Crippen LogP contribution >= 0.6 is 12.6 Å². The van der Waals surface area contributed by atoms with E-state index in [-0.39, 0.29) is 18.1 Å². The molecule has 0 fully saturated rings. The van der Waals surface area contributed by atoms with E-state index in [1.807, 2.05) is 6.07 Å². The fraction of sp³-hybridized carbons (Fsp3) is 0.273. The van der Waals surface area contributed by atoms with E-state index in [2.05, 4.69) is 17.9 Å². The van der Waals surface area contributed by atoms with Crippen LogP contribution in [0.2, 0.25) is 0 Å². The highest BCUT2D eigenvalue weighted by atomic mass is 32.1. The van der Waals surface area contributed by atoms with Gasteiger partial charge >= 0.3 is 5.97 Å². The number of aliphatic carboxylic acids is 1. The number of carbonyl (C=O) groups is 2. The molecular formula is C11H13NO3S. The zero-order valence-corrected chi connectivity index (χ0v) is 9.48. The Labute approximate surface area is 99.1 Å². The van der Waals surface area contributed by atoms with Gasteiger partial charge in [0.2, 0.25) is 0 Å². The number of hydrogen-bond donors (Lipinski definition) is 3. The maximum atomic E-state index is 11.6. The highest BCUT2D eigenvalue weighted by Gasteiger charge is 2.16. The highest BCUT2D eigenvalue weighted by Crippen LogP contribution is 1.99. The van der Waals surface area contributed by atoms with Gasteiger partial charge in [0, 0.05) is 11.3 Å². The molecule has 1 aromatic rings. The number of ketones is 1. The van der Waals surface area contributed by atoms with Gasteiger partial charge in [-0.25, -0.2) is 0 Å². The number of hydrogen-bond acceptors (Lipinski definition) is 4. The zero-order chi connectivity index (χ0) is 12.0. The summed E-state index contributed by atoms with van der Waals surface area (Å²) in [5.74, 6) is -0.985. The molecule has 0 spiro atoms. The van der Waals surface area contributed by atoms with Crippen molar-refractivity contribution in [2.45, 2.75) is 6.04 Å². The van der Waals surface area contributed by atoms with Crippen LogP contribution in [0.3, 0.4) is 0 Å².